The number of imidazole rings is 1. The molecule has 3 rings (SSSR count). The van der Waals surface area contributed by atoms with Crippen molar-refractivity contribution in [3.63, 3.8) is 0 Å². The minimum Gasteiger partial charge on any atom is -0.488 e. The van der Waals surface area contributed by atoms with Crippen LogP contribution in [0.4, 0.5) is 0 Å². The highest BCUT2D eigenvalue weighted by atomic mass is 32.1. The Labute approximate surface area is 156 Å². The summed E-state index contributed by atoms with van der Waals surface area (Å²) < 4.78 is 6.29. The Kier molecular flexibility index (Phi) is 4.90. The molecule has 26 heavy (non-hydrogen) atoms. The highest BCUT2D eigenvalue weighted by molar-refractivity contribution is 7.71. The van der Waals surface area contributed by atoms with Gasteiger partial charge in [-0.15, -0.1) is 0 Å². The summed E-state index contributed by atoms with van der Waals surface area (Å²) in [5.41, 5.74) is 5.26. The first-order valence-electron chi connectivity index (χ1n) is 8.15. The number of nitrogens with zero attached hydrogens (tertiary/aromatic N) is 1. The Hall–Kier alpha value is -2.93. The first-order chi connectivity index (χ1) is 12.3. The van der Waals surface area contributed by atoms with Gasteiger partial charge in [0.1, 0.15) is 11.4 Å². The first-order valence-corrected chi connectivity index (χ1v) is 8.55. The normalized spacial score (nSPS) is 11.8. The topological polar surface area (TPSA) is 82.3 Å². The lowest BCUT2D eigenvalue weighted by Crippen LogP contribution is -2.22. The highest BCUT2D eigenvalue weighted by Gasteiger charge is 2.11. The van der Waals surface area contributed by atoms with Crippen molar-refractivity contribution in [3.05, 3.63) is 58.4 Å². The van der Waals surface area contributed by atoms with Crippen LogP contribution in [0.25, 0.3) is 11.0 Å². The van der Waals surface area contributed by atoms with E-state index in [1.165, 1.54) is 0 Å². The van der Waals surface area contributed by atoms with Crippen molar-refractivity contribution in [1.82, 2.24) is 15.4 Å². The van der Waals surface area contributed by atoms with Crippen LogP contribution in [0.15, 0.2) is 47.6 Å². The molecule has 0 saturated carbocycles. The van der Waals surface area contributed by atoms with Crippen LogP contribution < -0.4 is 10.2 Å². The number of ether oxygens (including phenoxy) is 1. The molecule has 3 aromatic rings. The minimum absolute atomic E-state index is 0.243. The summed E-state index contributed by atoms with van der Waals surface area (Å²) in [6.45, 7) is 5.99. The molecule has 3 N–H and O–H groups in total. The van der Waals surface area contributed by atoms with Gasteiger partial charge in [0.05, 0.1) is 17.2 Å². The number of carbonyl (C=O) groups excluding carboxylic acids is 1. The average Bonchev–Trinajstić information content (AvgIpc) is 2.94. The molecule has 0 aliphatic carbocycles. The molecule has 0 unspecified atom stereocenters. The van der Waals surface area contributed by atoms with Crippen LogP contribution in [-0.4, -0.2) is 27.7 Å². The lowest BCUT2D eigenvalue weighted by molar-refractivity contribution is 0.0955. The molecule has 1 amide bonds. The highest BCUT2D eigenvalue weighted by Crippen LogP contribution is 2.18. The van der Waals surface area contributed by atoms with Crippen molar-refractivity contribution in [3.8, 4) is 5.75 Å². The Balaban J connectivity index is 1.63. The zero-order valence-electron chi connectivity index (χ0n) is 14.8. The third-order valence-electron chi connectivity index (χ3n) is 3.46. The van der Waals surface area contributed by atoms with Crippen LogP contribution in [0.2, 0.25) is 0 Å². The Morgan fingerprint density at radius 2 is 1.81 bits per heavy atom. The van der Waals surface area contributed by atoms with E-state index < -0.39 is 0 Å². The smallest absolute Gasteiger partial charge is 0.271 e. The summed E-state index contributed by atoms with van der Waals surface area (Å²) in [6, 6.07) is 12.7. The monoisotopic (exact) mass is 368 g/mol. The standard InChI is InChI=1S/C19H20N4O2S/c1-19(2,3)25-14-7-4-12(5-8-14)11-20-23-17(24)13-6-9-15-16(10-13)22-18(26)21-15/h4-11H,1-3H3,(H,23,24)(H2,21,22,26)/b20-11-. The number of hydrogen-bond donors (Lipinski definition) is 3. The summed E-state index contributed by atoms with van der Waals surface area (Å²) in [6.07, 6.45) is 1.58. The van der Waals surface area contributed by atoms with E-state index in [0.29, 0.717) is 10.3 Å². The molecule has 134 valence electrons. The van der Waals surface area contributed by atoms with Crippen LogP contribution in [-0.2, 0) is 0 Å². The maximum absolute atomic E-state index is 12.2. The van der Waals surface area contributed by atoms with Crippen LogP contribution in [0, 0.1) is 4.77 Å². The maximum Gasteiger partial charge on any atom is 0.271 e. The van der Waals surface area contributed by atoms with Crippen molar-refractivity contribution in [2.24, 2.45) is 5.10 Å². The maximum atomic E-state index is 12.2. The van der Waals surface area contributed by atoms with E-state index in [9.17, 15) is 4.79 Å². The number of benzene rings is 2. The zero-order valence-corrected chi connectivity index (χ0v) is 15.6. The van der Waals surface area contributed by atoms with Gasteiger partial charge in [-0.05, 0) is 81.0 Å². The average molecular weight is 368 g/mol. The first kappa shape index (κ1) is 17.9. The fraction of sp³-hybridized carbons (Fsp3) is 0.211. The summed E-state index contributed by atoms with van der Waals surface area (Å²) in [4.78, 5) is 18.2. The van der Waals surface area contributed by atoms with Crippen LogP contribution >= 0.6 is 12.2 Å². The number of H-pyrrole nitrogens is 2. The van der Waals surface area contributed by atoms with Gasteiger partial charge >= 0.3 is 0 Å². The Morgan fingerprint density at radius 3 is 2.50 bits per heavy atom. The molecular weight excluding hydrogens is 348 g/mol. The van der Waals surface area contributed by atoms with Gasteiger partial charge in [0, 0.05) is 5.56 Å². The molecule has 1 aromatic heterocycles. The van der Waals surface area contributed by atoms with E-state index in [-0.39, 0.29) is 11.5 Å². The van der Waals surface area contributed by atoms with Gasteiger partial charge in [0.2, 0.25) is 0 Å². The van der Waals surface area contributed by atoms with E-state index in [1.807, 2.05) is 45.0 Å². The number of fused-ring (bicyclic) bond motifs is 1. The SMILES string of the molecule is CC(C)(C)Oc1ccc(/C=N\NC(=O)c2ccc3[nH]c(=S)[nH]c3c2)cc1. The van der Waals surface area contributed by atoms with Crippen molar-refractivity contribution >= 4 is 35.4 Å². The van der Waals surface area contributed by atoms with Gasteiger partial charge in [0.25, 0.3) is 5.91 Å². The van der Waals surface area contributed by atoms with Crippen molar-refractivity contribution in [2.45, 2.75) is 26.4 Å². The van der Waals surface area contributed by atoms with Crippen molar-refractivity contribution in [2.75, 3.05) is 0 Å². The number of nitrogens with one attached hydrogen (secondary N) is 3. The second-order valence-electron chi connectivity index (χ2n) is 6.82. The predicted octanol–water partition coefficient (Wildman–Crippen LogP) is 4.17. The number of carbonyl (C=O) groups is 1. The van der Waals surface area contributed by atoms with Crippen molar-refractivity contribution in [1.29, 1.82) is 0 Å². The van der Waals surface area contributed by atoms with Gasteiger partial charge in [-0.2, -0.15) is 5.10 Å². The molecule has 0 atom stereocenters. The minimum atomic E-state index is -0.295. The number of aromatic nitrogens is 2. The van der Waals surface area contributed by atoms with Crippen LogP contribution in [0.5, 0.6) is 5.75 Å². The summed E-state index contributed by atoms with van der Waals surface area (Å²) >= 11 is 5.04. The number of hydrogen-bond acceptors (Lipinski definition) is 4. The molecule has 0 radical (unpaired) electrons. The molecule has 0 bridgehead atoms. The predicted molar refractivity (Wildman–Crippen MR) is 105 cm³/mol. The molecular formula is C19H20N4O2S. The van der Waals surface area contributed by atoms with E-state index in [4.69, 9.17) is 17.0 Å². The molecule has 2 aromatic carbocycles. The van der Waals surface area contributed by atoms with Gasteiger partial charge in [0.15, 0.2) is 4.77 Å². The van der Waals surface area contributed by atoms with E-state index in [2.05, 4.69) is 20.5 Å². The van der Waals surface area contributed by atoms with E-state index >= 15 is 0 Å². The number of hydrazone groups is 1. The number of rotatable bonds is 4. The van der Waals surface area contributed by atoms with Crippen molar-refractivity contribution < 1.29 is 9.53 Å². The molecule has 1 heterocycles. The van der Waals surface area contributed by atoms with Gasteiger partial charge in [-0.3, -0.25) is 4.79 Å². The molecule has 6 nitrogen and oxygen atoms in total. The molecule has 7 heteroatoms. The second-order valence-corrected chi connectivity index (χ2v) is 7.23. The third-order valence-corrected chi connectivity index (χ3v) is 3.67. The summed E-state index contributed by atoms with van der Waals surface area (Å²) in [5.74, 6) is 0.493. The van der Waals surface area contributed by atoms with Gasteiger partial charge in [-0.25, -0.2) is 5.43 Å². The Bertz CT molecular complexity index is 1010. The van der Waals surface area contributed by atoms with Gasteiger partial charge in [-0.1, -0.05) is 0 Å². The largest absolute Gasteiger partial charge is 0.488 e. The lowest BCUT2D eigenvalue weighted by Gasteiger charge is -2.21. The molecule has 0 saturated heterocycles. The lowest BCUT2D eigenvalue weighted by atomic mass is 10.2. The number of amides is 1. The van der Waals surface area contributed by atoms with E-state index in [0.717, 1.165) is 22.3 Å². The molecule has 0 fully saturated rings. The fourth-order valence-corrected chi connectivity index (χ4v) is 2.60. The quantitative estimate of drug-likeness (QED) is 0.367. The zero-order chi connectivity index (χ0) is 18.7. The van der Waals surface area contributed by atoms with Crippen LogP contribution in [0.3, 0.4) is 0 Å². The molecule has 0 spiro atoms. The fourth-order valence-electron chi connectivity index (χ4n) is 2.38. The summed E-state index contributed by atoms with van der Waals surface area (Å²) in [5, 5.41) is 4.00. The molecule has 0 aliphatic rings. The number of aromatic amines is 2. The summed E-state index contributed by atoms with van der Waals surface area (Å²) in [7, 11) is 0. The molecule has 0 aliphatic heterocycles. The van der Waals surface area contributed by atoms with Gasteiger partial charge < -0.3 is 14.7 Å². The third kappa shape index (κ3) is 4.58. The second kappa shape index (κ2) is 7.13. The van der Waals surface area contributed by atoms with E-state index in [1.54, 1.807) is 24.4 Å². The Morgan fingerprint density at radius 1 is 1.12 bits per heavy atom. The van der Waals surface area contributed by atoms with Crippen LogP contribution in [0.1, 0.15) is 36.7 Å².